The van der Waals surface area contributed by atoms with E-state index in [9.17, 15) is 9.59 Å². The Balaban J connectivity index is 1.81. The van der Waals surface area contributed by atoms with Crippen molar-refractivity contribution < 1.29 is 23.8 Å². The third-order valence-corrected chi connectivity index (χ3v) is 2.82. The number of alkyl carbamates (subject to hydrolysis) is 1. The molecule has 6 heteroatoms. The van der Waals surface area contributed by atoms with Crippen LogP contribution in [0.5, 0.6) is 0 Å². The molecule has 0 bridgehead atoms. The van der Waals surface area contributed by atoms with E-state index in [0.717, 1.165) is 5.56 Å². The van der Waals surface area contributed by atoms with Crippen molar-refractivity contribution in [3.8, 4) is 0 Å². The summed E-state index contributed by atoms with van der Waals surface area (Å²) in [6.07, 6.45) is -0.593. The van der Waals surface area contributed by atoms with E-state index in [0.29, 0.717) is 11.5 Å². The van der Waals surface area contributed by atoms with E-state index < -0.39 is 12.1 Å². The highest BCUT2D eigenvalue weighted by atomic mass is 16.5. The summed E-state index contributed by atoms with van der Waals surface area (Å²) in [5.41, 5.74) is 0.971. The summed E-state index contributed by atoms with van der Waals surface area (Å²) < 4.78 is 10.3. The van der Waals surface area contributed by atoms with Gasteiger partial charge in [0.25, 0.3) is 0 Å². The van der Waals surface area contributed by atoms with Crippen molar-refractivity contribution in [1.29, 1.82) is 0 Å². The average Bonchev–Trinajstić information content (AvgIpc) is 2.85. The fourth-order valence-corrected chi connectivity index (χ4v) is 1.78. The van der Waals surface area contributed by atoms with Crippen LogP contribution in [0, 0.1) is 6.92 Å². The molecule has 0 saturated heterocycles. The normalized spacial score (nSPS) is 10.1. The molecule has 1 aromatic carbocycles. The molecule has 21 heavy (non-hydrogen) atoms. The fraction of sp³-hybridized carbons (Fsp3) is 0.200. The van der Waals surface area contributed by atoms with Gasteiger partial charge in [-0.2, -0.15) is 0 Å². The van der Waals surface area contributed by atoms with Crippen molar-refractivity contribution in [2.75, 3.05) is 0 Å². The Hall–Kier alpha value is -2.76. The maximum atomic E-state index is 11.5. The predicted octanol–water partition coefficient (Wildman–Crippen LogP) is 2.71. The molecule has 0 atom stereocenters. The van der Waals surface area contributed by atoms with Crippen LogP contribution >= 0.6 is 0 Å². The molecule has 2 rings (SSSR count). The third-order valence-electron chi connectivity index (χ3n) is 2.82. The summed E-state index contributed by atoms with van der Waals surface area (Å²) in [7, 11) is 0. The first-order chi connectivity index (χ1) is 10.1. The Labute approximate surface area is 121 Å². The first kappa shape index (κ1) is 14.6. The van der Waals surface area contributed by atoms with Crippen molar-refractivity contribution >= 4 is 12.1 Å². The number of hydrogen-bond acceptors (Lipinski definition) is 4. The van der Waals surface area contributed by atoms with Crippen LogP contribution in [0.25, 0.3) is 0 Å². The van der Waals surface area contributed by atoms with Crippen molar-refractivity contribution in [3.05, 3.63) is 59.0 Å². The Morgan fingerprint density at radius 1 is 1.29 bits per heavy atom. The van der Waals surface area contributed by atoms with Gasteiger partial charge in [0.2, 0.25) is 0 Å². The summed E-state index contributed by atoms with van der Waals surface area (Å²) >= 11 is 0. The van der Waals surface area contributed by atoms with Crippen LogP contribution in [-0.4, -0.2) is 17.2 Å². The van der Waals surface area contributed by atoms with E-state index in [1.165, 1.54) is 6.07 Å². The number of carbonyl (C=O) groups is 2. The number of carbonyl (C=O) groups excluding carboxylic acids is 1. The van der Waals surface area contributed by atoms with Gasteiger partial charge in [-0.1, -0.05) is 30.3 Å². The summed E-state index contributed by atoms with van der Waals surface area (Å²) in [6, 6.07) is 10.7. The van der Waals surface area contributed by atoms with E-state index in [4.69, 9.17) is 14.3 Å². The lowest BCUT2D eigenvalue weighted by Crippen LogP contribution is -2.23. The third kappa shape index (κ3) is 4.10. The zero-order chi connectivity index (χ0) is 15.2. The van der Waals surface area contributed by atoms with Crippen LogP contribution in [0.3, 0.4) is 0 Å². The van der Waals surface area contributed by atoms with E-state index in [1.807, 2.05) is 30.3 Å². The second-order valence-electron chi connectivity index (χ2n) is 4.40. The minimum absolute atomic E-state index is 0.0712. The Bertz CT molecular complexity index is 633. The number of amides is 1. The number of hydrogen-bond donors (Lipinski definition) is 2. The molecule has 1 aromatic heterocycles. The Morgan fingerprint density at radius 2 is 2.00 bits per heavy atom. The second-order valence-corrected chi connectivity index (χ2v) is 4.40. The summed E-state index contributed by atoms with van der Waals surface area (Å²) in [6.45, 7) is 1.80. The van der Waals surface area contributed by atoms with Crippen LogP contribution in [-0.2, 0) is 17.9 Å². The van der Waals surface area contributed by atoms with Crippen LogP contribution in [0.2, 0.25) is 0 Å². The lowest BCUT2D eigenvalue weighted by Gasteiger charge is -2.05. The van der Waals surface area contributed by atoms with Crippen molar-refractivity contribution in [1.82, 2.24) is 5.32 Å². The van der Waals surface area contributed by atoms with Gasteiger partial charge in [-0.05, 0) is 18.6 Å². The van der Waals surface area contributed by atoms with Gasteiger partial charge in [-0.15, -0.1) is 0 Å². The minimum Gasteiger partial charge on any atom is -0.478 e. The molecule has 0 aliphatic rings. The number of aromatic carboxylic acids is 1. The molecule has 2 aromatic rings. The van der Waals surface area contributed by atoms with Crippen molar-refractivity contribution in [2.45, 2.75) is 20.1 Å². The Morgan fingerprint density at radius 3 is 2.62 bits per heavy atom. The van der Waals surface area contributed by atoms with E-state index >= 15 is 0 Å². The van der Waals surface area contributed by atoms with Gasteiger partial charge in [0.1, 0.15) is 23.7 Å². The van der Waals surface area contributed by atoms with E-state index in [-0.39, 0.29) is 18.7 Å². The molecule has 6 nitrogen and oxygen atoms in total. The molecule has 1 amide bonds. The van der Waals surface area contributed by atoms with Crippen LogP contribution in [0.4, 0.5) is 4.79 Å². The molecule has 0 fully saturated rings. The Kier molecular flexibility index (Phi) is 4.61. The highest BCUT2D eigenvalue weighted by Crippen LogP contribution is 2.14. The molecule has 0 saturated carbocycles. The number of rotatable bonds is 5. The van der Waals surface area contributed by atoms with Gasteiger partial charge < -0.3 is 19.6 Å². The number of furan rings is 1. The quantitative estimate of drug-likeness (QED) is 0.883. The second kappa shape index (κ2) is 6.60. The van der Waals surface area contributed by atoms with Gasteiger partial charge in [0.05, 0.1) is 6.54 Å². The van der Waals surface area contributed by atoms with Crippen LogP contribution in [0.15, 0.2) is 40.8 Å². The minimum atomic E-state index is -1.06. The number of nitrogens with one attached hydrogen (secondary N) is 1. The highest BCUT2D eigenvalue weighted by molar-refractivity contribution is 5.88. The van der Waals surface area contributed by atoms with Gasteiger partial charge in [0.15, 0.2) is 0 Å². The molecular formula is C15H15NO5. The van der Waals surface area contributed by atoms with Crippen LogP contribution < -0.4 is 5.32 Å². The van der Waals surface area contributed by atoms with Gasteiger partial charge in [-0.3, -0.25) is 0 Å². The average molecular weight is 289 g/mol. The molecule has 2 N–H and O–H groups in total. The first-order valence-electron chi connectivity index (χ1n) is 6.33. The predicted molar refractivity (Wildman–Crippen MR) is 73.9 cm³/mol. The van der Waals surface area contributed by atoms with Gasteiger partial charge in [0, 0.05) is 0 Å². The zero-order valence-electron chi connectivity index (χ0n) is 11.5. The topological polar surface area (TPSA) is 88.8 Å². The number of aryl methyl sites for hydroxylation is 1. The van der Waals surface area contributed by atoms with Gasteiger partial charge >= 0.3 is 12.1 Å². The summed E-state index contributed by atoms with van der Waals surface area (Å²) in [5.74, 6) is -0.396. The molecule has 0 radical (unpaired) electrons. The summed E-state index contributed by atoms with van der Waals surface area (Å²) in [4.78, 5) is 22.4. The molecule has 0 aliphatic heterocycles. The number of benzene rings is 1. The molecular weight excluding hydrogens is 274 g/mol. The molecule has 0 spiro atoms. The van der Waals surface area contributed by atoms with E-state index in [2.05, 4.69) is 5.32 Å². The highest BCUT2D eigenvalue weighted by Gasteiger charge is 2.14. The summed E-state index contributed by atoms with van der Waals surface area (Å²) in [5, 5.41) is 11.4. The lowest BCUT2D eigenvalue weighted by molar-refractivity contribution is 0.0695. The molecule has 1 heterocycles. The maximum Gasteiger partial charge on any atom is 0.407 e. The van der Waals surface area contributed by atoms with Gasteiger partial charge in [-0.25, -0.2) is 9.59 Å². The number of carboxylic acid groups (broad SMARTS) is 1. The van der Waals surface area contributed by atoms with Crippen molar-refractivity contribution in [3.63, 3.8) is 0 Å². The van der Waals surface area contributed by atoms with Crippen molar-refractivity contribution in [2.24, 2.45) is 0 Å². The molecule has 0 aliphatic carbocycles. The van der Waals surface area contributed by atoms with E-state index in [1.54, 1.807) is 6.92 Å². The molecule has 110 valence electrons. The number of carboxylic acids is 1. The SMILES string of the molecule is Cc1oc(CNC(=O)OCc2ccccc2)cc1C(=O)O. The first-order valence-corrected chi connectivity index (χ1v) is 6.33. The fourth-order valence-electron chi connectivity index (χ4n) is 1.78. The molecule has 0 unspecified atom stereocenters. The lowest BCUT2D eigenvalue weighted by atomic mass is 10.2. The van der Waals surface area contributed by atoms with Crippen LogP contribution in [0.1, 0.15) is 27.4 Å². The zero-order valence-corrected chi connectivity index (χ0v) is 11.5. The monoisotopic (exact) mass is 289 g/mol. The number of ether oxygens (including phenoxy) is 1. The largest absolute Gasteiger partial charge is 0.478 e. The standard InChI is InChI=1S/C15H15NO5/c1-10-13(14(17)18)7-12(21-10)8-16-15(19)20-9-11-5-3-2-4-6-11/h2-7H,8-9H2,1H3,(H,16,19)(H,17,18). The maximum absolute atomic E-state index is 11.5. The smallest absolute Gasteiger partial charge is 0.407 e.